The molecule has 2 heteroatoms. The summed E-state index contributed by atoms with van der Waals surface area (Å²) in [6, 6.07) is 0. The van der Waals surface area contributed by atoms with Crippen molar-refractivity contribution in [3.63, 3.8) is 0 Å². The summed E-state index contributed by atoms with van der Waals surface area (Å²) >= 11 is 0. The fraction of sp³-hybridized carbons (Fsp3) is 0.933. The van der Waals surface area contributed by atoms with Crippen LogP contribution < -0.4 is 0 Å². The summed E-state index contributed by atoms with van der Waals surface area (Å²) in [7, 11) is 0. The Kier molecular flexibility index (Phi) is 5.02. The van der Waals surface area contributed by atoms with Crippen LogP contribution in [0.1, 0.15) is 107 Å². The molecule has 5 rings (SSSR count). The van der Waals surface area contributed by atoms with Crippen LogP contribution in [0.15, 0.2) is 11.6 Å². The molecule has 0 aromatic carbocycles. The summed E-state index contributed by atoms with van der Waals surface area (Å²) in [5, 5.41) is 22.3. The van der Waals surface area contributed by atoms with E-state index in [1.54, 1.807) is 5.57 Å². The molecule has 0 aromatic heterocycles. The van der Waals surface area contributed by atoms with Crippen molar-refractivity contribution in [2.75, 3.05) is 0 Å². The topological polar surface area (TPSA) is 40.5 Å². The van der Waals surface area contributed by atoms with Crippen molar-refractivity contribution in [1.29, 1.82) is 0 Å². The Hall–Kier alpha value is -0.340. The summed E-state index contributed by atoms with van der Waals surface area (Å²) in [5.74, 6) is 3.21. The quantitative estimate of drug-likeness (QED) is 0.397. The molecule has 0 aromatic rings. The van der Waals surface area contributed by atoms with Crippen LogP contribution in [-0.4, -0.2) is 22.4 Å². The molecule has 182 valence electrons. The minimum atomic E-state index is -0.407. The summed E-state index contributed by atoms with van der Waals surface area (Å²) in [6.07, 6.45) is 11.3. The normalized spacial score (nSPS) is 59.2. The van der Waals surface area contributed by atoms with Gasteiger partial charge < -0.3 is 10.2 Å². The maximum atomic E-state index is 11.5. The maximum absolute atomic E-state index is 11.5. The minimum absolute atomic E-state index is 0.122. The third-order valence-electron chi connectivity index (χ3n) is 13.4. The van der Waals surface area contributed by atoms with E-state index in [9.17, 15) is 10.2 Å². The van der Waals surface area contributed by atoms with Crippen molar-refractivity contribution >= 4 is 0 Å². The van der Waals surface area contributed by atoms with Gasteiger partial charge >= 0.3 is 0 Å². The molecule has 0 amide bonds. The molecule has 4 saturated carbocycles. The molecule has 0 bridgehead atoms. The van der Waals surface area contributed by atoms with Crippen molar-refractivity contribution < 1.29 is 10.2 Å². The average Bonchev–Trinajstić information content (AvgIpc) is 2.71. The molecule has 11 atom stereocenters. The second-order valence-corrected chi connectivity index (χ2v) is 14.8. The molecule has 0 heterocycles. The van der Waals surface area contributed by atoms with Crippen LogP contribution in [0.5, 0.6) is 0 Å². The van der Waals surface area contributed by atoms with E-state index in [0.717, 1.165) is 24.2 Å². The first kappa shape index (κ1) is 23.4. The van der Waals surface area contributed by atoms with E-state index in [1.165, 1.54) is 38.5 Å². The van der Waals surface area contributed by atoms with Gasteiger partial charge in [0.15, 0.2) is 0 Å². The molecule has 5 aliphatic rings. The summed E-state index contributed by atoms with van der Waals surface area (Å²) in [4.78, 5) is 0. The highest BCUT2D eigenvalue weighted by atomic mass is 16.3. The lowest BCUT2D eigenvalue weighted by atomic mass is 9.33. The first-order chi connectivity index (χ1) is 14.7. The fourth-order valence-electron chi connectivity index (χ4n) is 10.9. The molecular weight excluding hydrogens is 392 g/mol. The van der Waals surface area contributed by atoms with E-state index in [2.05, 4.69) is 61.5 Å². The molecule has 5 aliphatic carbocycles. The van der Waals surface area contributed by atoms with Crippen LogP contribution in [0, 0.1) is 56.7 Å². The standard InChI is InChI=1S/C30H50O2/c1-18-11-13-27(5)15-16-28(6)20-9-10-22-26(3,4)23(31)17-24(32)30(22,8)21(20)12-14-29(28,7)25(27)19(18)2/h9,18-19,21-25,31-32H,10-17H2,1-8H3/t18-,19+,21+,22+,23+,24+,25-,27-,28-,29+,30-/m1/s1. The van der Waals surface area contributed by atoms with Gasteiger partial charge in [0.05, 0.1) is 12.2 Å². The molecule has 0 spiro atoms. The van der Waals surface area contributed by atoms with Crippen LogP contribution in [0.4, 0.5) is 0 Å². The van der Waals surface area contributed by atoms with E-state index in [4.69, 9.17) is 0 Å². The number of hydrogen-bond donors (Lipinski definition) is 2. The molecule has 32 heavy (non-hydrogen) atoms. The highest BCUT2D eigenvalue weighted by Gasteiger charge is 2.69. The van der Waals surface area contributed by atoms with Crippen molar-refractivity contribution in [1.82, 2.24) is 0 Å². The Bertz CT molecular complexity index is 814. The first-order valence-electron chi connectivity index (χ1n) is 13.8. The van der Waals surface area contributed by atoms with E-state index >= 15 is 0 Å². The average molecular weight is 443 g/mol. The van der Waals surface area contributed by atoms with Gasteiger partial charge in [-0.1, -0.05) is 67.0 Å². The van der Waals surface area contributed by atoms with Gasteiger partial charge in [0.25, 0.3) is 0 Å². The maximum Gasteiger partial charge on any atom is 0.0627 e. The third kappa shape index (κ3) is 2.61. The van der Waals surface area contributed by atoms with Gasteiger partial charge in [-0.15, -0.1) is 0 Å². The van der Waals surface area contributed by atoms with Gasteiger partial charge in [-0.3, -0.25) is 0 Å². The van der Waals surface area contributed by atoms with Crippen LogP contribution in [0.2, 0.25) is 0 Å². The summed E-state index contributed by atoms with van der Waals surface area (Å²) in [5.41, 5.74) is 2.50. The Morgan fingerprint density at radius 3 is 2.22 bits per heavy atom. The zero-order valence-electron chi connectivity index (χ0n) is 22.2. The molecular formula is C30H50O2. The van der Waals surface area contributed by atoms with Crippen molar-refractivity contribution in [3.05, 3.63) is 11.6 Å². The van der Waals surface area contributed by atoms with Crippen LogP contribution in [-0.2, 0) is 0 Å². The van der Waals surface area contributed by atoms with Crippen LogP contribution >= 0.6 is 0 Å². The van der Waals surface area contributed by atoms with Crippen molar-refractivity contribution in [3.8, 4) is 0 Å². The van der Waals surface area contributed by atoms with E-state index in [-0.39, 0.29) is 16.2 Å². The first-order valence-corrected chi connectivity index (χ1v) is 13.8. The van der Waals surface area contributed by atoms with Gasteiger partial charge in [0.2, 0.25) is 0 Å². The number of hydrogen-bond acceptors (Lipinski definition) is 2. The molecule has 0 aliphatic heterocycles. The molecule has 2 N–H and O–H groups in total. The second-order valence-electron chi connectivity index (χ2n) is 14.8. The largest absolute Gasteiger partial charge is 0.392 e. The molecule has 0 unspecified atom stereocenters. The van der Waals surface area contributed by atoms with Gasteiger partial charge in [0, 0.05) is 11.8 Å². The van der Waals surface area contributed by atoms with E-state index in [0.29, 0.717) is 29.1 Å². The van der Waals surface area contributed by atoms with Gasteiger partial charge in [-0.05, 0) is 96.2 Å². The predicted octanol–water partition coefficient (Wildman–Crippen LogP) is 7.00. The Morgan fingerprint density at radius 1 is 0.844 bits per heavy atom. The predicted molar refractivity (Wildman–Crippen MR) is 132 cm³/mol. The molecule has 0 radical (unpaired) electrons. The second kappa shape index (κ2) is 6.87. The van der Waals surface area contributed by atoms with Gasteiger partial charge in [-0.2, -0.15) is 0 Å². The van der Waals surface area contributed by atoms with Crippen LogP contribution in [0.25, 0.3) is 0 Å². The van der Waals surface area contributed by atoms with Crippen molar-refractivity contribution in [2.45, 2.75) is 119 Å². The third-order valence-corrected chi connectivity index (χ3v) is 13.4. The van der Waals surface area contributed by atoms with Gasteiger partial charge in [-0.25, -0.2) is 0 Å². The summed E-state index contributed by atoms with van der Waals surface area (Å²) < 4.78 is 0. The number of aliphatic hydroxyl groups is 2. The zero-order valence-corrected chi connectivity index (χ0v) is 22.2. The lowest BCUT2D eigenvalue weighted by Gasteiger charge is -2.72. The van der Waals surface area contributed by atoms with E-state index < -0.39 is 12.2 Å². The minimum Gasteiger partial charge on any atom is -0.392 e. The Balaban J connectivity index is 1.60. The zero-order chi connectivity index (χ0) is 23.5. The summed E-state index contributed by atoms with van der Waals surface area (Å²) in [6.45, 7) is 19.9. The van der Waals surface area contributed by atoms with Crippen molar-refractivity contribution in [2.24, 2.45) is 56.7 Å². The molecule has 4 fully saturated rings. The monoisotopic (exact) mass is 442 g/mol. The SMILES string of the molecule is C[C@H]1[C@H](C)CC[C@]2(C)CC[C@]3(C)C4=CC[C@H]5C(C)(C)[C@@H](O)C[C@H](O)[C@]5(C)[C@H]4CC[C@@]3(C)[C@H]12. The number of rotatable bonds is 0. The fourth-order valence-corrected chi connectivity index (χ4v) is 10.9. The molecule has 2 nitrogen and oxygen atoms in total. The highest BCUT2D eigenvalue weighted by Crippen LogP contribution is 2.75. The Labute approximate surface area is 197 Å². The lowest BCUT2D eigenvalue weighted by Crippen LogP contribution is -2.66. The molecule has 0 saturated heterocycles. The van der Waals surface area contributed by atoms with Crippen LogP contribution in [0.3, 0.4) is 0 Å². The number of fused-ring (bicyclic) bond motifs is 7. The Morgan fingerprint density at radius 2 is 1.53 bits per heavy atom. The number of allylic oxidation sites excluding steroid dienone is 2. The van der Waals surface area contributed by atoms with E-state index in [1.807, 2.05) is 0 Å². The highest BCUT2D eigenvalue weighted by molar-refractivity contribution is 5.34. The lowest BCUT2D eigenvalue weighted by molar-refractivity contribution is -0.210. The smallest absolute Gasteiger partial charge is 0.0627 e. The number of aliphatic hydroxyl groups excluding tert-OH is 2. The van der Waals surface area contributed by atoms with Gasteiger partial charge in [0.1, 0.15) is 0 Å².